The monoisotopic (exact) mass is 378 g/mol. The molecule has 138 valence electrons. The van der Waals surface area contributed by atoms with Crippen molar-refractivity contribution in [1.82, 2.24) is 10.0 Å². The largest absolute Gasteiger partial charge is 0.496 e. The summed E-state index contributed by atoms with van der Waals surface area (Å²) in [6, 6.07) is 9.30. The Morgan fingerprint density at radius 2 is 1.92 bits per heavy atom. The van der Waals surface area contributed by atoms with E-state index in [1.54, 1.807) is 18.2 Å². The van der Waals surface area contributed by atoms with Crippen molar-refractivity contribution in [2.24, 2.45) is 0 Å². The Morgan fingerprint density at radius 1 is 1.15 bits per heavy atom. The molecule has 1 amide bonds. The molecule has 1 heterocycles. The number of sulfonamides is 1. The number of rotatable bonds is 6. The van der Waals surface area contributed by atoms with Crippen molar-refractivity contribution in [3.63, 3.8) is 0 Å². The summed E-state index contributed by atoms with van der Waals surface area (Å²) in [6.45, 7) is 0.221. The molecule has 0 spiro atoms. The minimum atomic E-state index is -3.82. The van der Waals surface area contributed by atoms with Crippen LogP contribution in [0.25, 0.3) is 0 Å². The number of methoxy groups -OCH3 is 1. The highest BCUT2D eigenvalue weighted by molar-refractivity contribution is 7.89. The predicted octanol–water partition coefficient (Wildman–Crippen LogP) is 1.26. The van der Waals surface area contributed by atoms with Crippen LogP contribution < -0.4 is 24.2 Å². The molecule has 0 aromatic heterocycles. The van der Waals surface area contributed by atoms with Gasteiger partial charge >= 0.3 is 0 Å². The Kier molecular flexibility index (Phi) is 5.01. The Labute approximate surface area is 151 Å². The van der Waals surface area contributed by atoms with E-state index in [1.165, 1.54) is 32.4 Å². The second-order valence-electron chi connectivity index (χ2n) is 5.45. The zero-order valence-corrected chi connectivity index (χ0v) is 15.1. The summed E-state index contributed by atoms with van der Waals surface area (Å²) < 4.78 is 43.2. The third kappa shape index (κ3) is 3.58. The predicted molar refractivity (Wildman–Crippen MR) is 93.0 cm³/mol. The van der Waals surface area contributed by atoms with Crippen LogP contribution in [0.5, 0.6) is 17.2 Å². The van der Waals surface area contributed by atoms with Gasteiger partial charge in [0.2, 0.25) is 16.8 Å². The van der Waals surface area contributed by atoms with Crippen LogP contribution in [0, 0.1) is 0 Å². The van der Waals surface area contributed by atoms with E-state index < -0.39 is 15.9 Å². The zero-order chi connectivity index (χ0) is 18.7. The number of benzene rings is 2. The molecule has 0 aliphatic carbocycles. The topological polar surface area (TPSA) is 103 Å². The summed E-state index contributed by atoms with van der Waals surface area (Å²) in [4.78, 5) is 11.9. The van der Waals surface area contributed by atoms with Gasteiger partial charge in [-0.3, -0.25) is 4.79 Å². The van der Waals surface area contributed by atoms with Gasteiger partial charge in [0.05, 0.1) is 17.6 Å². The first-order chi connectivity index (χ1) is 12.4. The van der Waals surface area contributed by atoms with E-state index in [0.717, 1.165) is 5.56 Å². The molecule has 0 bridgehead atoms. The fraction of sp³-hybridized carbons (Fsp3) is 0.235. The summed E-state index contributed by atoms with van der Waals surface area (Å²) in [5.74, 6) is 1.06. The van der Waals surface area contributed by atoms with Crippen molar-refractivity contribution in [2.75, 3.05) is 21.0 Å². The Hall–Kier alpha value is -2.78. The smallest absolute Gasteiger partial charge is 0.254 e. The van der Waals surface area contributed by atoms with Gasteiger partial charge in [0.25, 0.3) is 5.91 Å². The lowest BCUT2D eigenvalue weighted by Gasteiger charge is -2.11. The molecule has 0 unspecified atom stereocenters. The molecule has 8 nitrogen and oxygen atoms in total. The van der Waals surface area contributed by atoms with Crippen molar-refractivity contribution in [3.05, 3.63) is 47.5 Å². The number of carbonyl (C=O) groups excluding carboxylic acids is 1. The van der Waals surface area contributed by atoms with E-state index >= 15 is 0 Å². The van der Waals surface area contributed by atoms with Crippen molar-refractivity contribution in [3.8, 4) is 17.2 Å². The number of nitrogens with one attached hydrogen (secondary N) is 2. The maximum Gasteiger partial charge on any atom is 0.254 e. The van der Waals surface area contributed by atoms with Crippen molar-refractivity contribution in [2.45, 2.75) is 11.4 Å². The molecule has 9 heteroatoms. The Balaban J connectivity index is 1.80. The SMILES string of the molecule is CNC(=O)c1cc(S(=O)(=O)NCc2ccc3c(c2)OCO3)ccc1OC. The average molecular weight is 378 g/mol. The minimum absolute atomic E-state index is 0.0300. The number of ether oxygens (including phenoxy) is 3. The van der Waals surface area contributed by atoms with Crippen LogP contribution in [0.1, 0.15) is 15.9 Å². The van der Waals surface area contributed by atoms with E-state index in [1.807, 2.05) is 0 Å². The number of amides is 1. The fourth-order valence-corrected chi connectivity index (χ4v) is 3.52. The minimum Gasteiger partial charge on any atom is -0.496 e. The summed E-state index contributed by atoms with van der Waals surface area (Å²) in [7, 11) is -0.950. The summed E-state index contributed by atoms with van der Waals surface area (Å²) >= 11 is 0. The highest BCUT2D eigenvalue weighted by Gasteiger charge is 2.20. The maximum absolute atomic E-state index is 12.6. The standard InChI is InChI=1S/C17H18N2O6S/c1-18-17(20)13-8-12(4-6-14(13)23-2)26(21,22)19-9-11-3-5-15-16(7-11)25-10-24-15/h3-8,19H,9-10H2,1-2H3,(H,18,20). The first-order valence-electron chi connectivity index (χ1n) is 7.73. The molecule has 0 saturated heterocycles. The zero-order valence-electron chi connectivity index (χ0n) is 14.2. The van der Waals surface area contributed by atoms with Gasteiger partial charge < -0.3 is 19.5 Å². The second-order valence-corrected chi connectivity index (χ2v) is 7.22. The molecule has 0 atom stereocenters. The van der Waals surface area contributed by atoms with E-state index in [2.05, 4.69) is 10.0 Å². The van der Waals surface area contributed by atoms with E-state index in [9.17, 15) is 13.2 Å². The average Bonchev–Trinajstić information content (AvgIpc) is 3.13. The molecular formula is C17H18N2O6S. The molecule has 0 radical (unpaired) electrons. The van der Waals surface area contributed by atoms with Crippen molar-refractivity contribution < 1.29 is 27.4 Å². The fourth-order valence-electron chi connectivity index (χ4n) is 2.48. The Bertz CT molecular complexity index is 942. The lowest BCUT2D eigenvalue weighted by atomic mass is 10.2. The van der Waals surface area contributed by atoms with Gasteiger partial charge in [0.1, 0.15) is 5.75 Å². The lowest BCUT2D eigenvalue weighted by Crippen LogP contribution is -2.24. The van der Waals surface area contributed by atoms with Gasteiger partial charge in [0, 0.05) is 13.6 Å². The van der Waals surface area contributed by atoms with Crippen molar-refractivity contribution in [1.29, 1.82) is 0 Å². The quantitative estimate of drug-likeness (QED) is 0.785. The third-order valence-corrected chi connectivity index (χ3v) is 5.26. The lowest BCUT2D eigenvalue weighted by molar-refractivity contribution is 0.0960. The van der Waals surface area contributed by atoms with Crippen LogP contribution in [-0.2, 0) is 16.6 Å². The van der Waals surface area contributed by atoms with Gasteiger partial charge in [-0.25, -0.2) is 13.1 Å². The summed E-state index contributed by atoms with van der Waals surface area (Å²) in [5, 5.41) is 2.46. The highest BCUT2D eigenvalue weighted by Crippen LogP contribution is 2.32. The molecule has 0 saturated carbocycles. The molecule has 26 heavy (non-hydrogen) atoms. The first kappa shape index (κ1) is 18.0. The van der Waals surface area contributed by atoms with Crippen LogP contribution in [0.15, 0.2) is 41.3 Å². The highest BCUT2D eigenvalue weighted by atomic mass is 32.2. The number of hydrogen-bond donors (Lipinski definition) is 2. The normalized spacial score (nSPS) is 12.7. The van der Waals surface area contributed by atoms with E-state index in [0.29, 0.717) is 17.2 Å². The van der Waals surface area contributed by atoms with Gasteiger partial charge in [-0.1, -0.05) is 6.07 Å². The Morgan fingerprint density at radius 3 is 2.65 bits per heavy atom. The van der Waals surface area contributed by atoms with Gasteiger partial charge in [-0.15, -0.1) is 0 Å². The number of hydrogen-bond acceptors (Lipinski definition) is 6. The van der Waals surface area contributed by atoms with E-state index in [-0.39, 0.29) is 23.8 Å². The molecule has 2 aromatic carbocycles. The molecule has 1 aliphatic rings. The van der Waals surface area contributed by atoms with Crippen LogP contribution >= 0.6 is 0 Å². The molecular weight excluding hydrogens is 360 g/mol. The van der Waals surface area contributed by atoms with Crippen LogP contribution in [-0.4, -0.2) is 35.3 Å². The summed E-state index contributed by atoms with van der Waals surface area (Å²) in [6.07, 6.45) is 0. The van der Waals surface area contributed by atoms with Gasteiger partial charge in [-0.05, 0) is 35.9 Å². The number of fused-ring (bicyclic) bond motifs is 1. The molecule has 2 aromatic rings. The first-order valence-corrected chi connectivity index (χ1v) is 9.21. The van der Waals surface area contributed by atoms with Gasteiger partial charge in [-0.2, -0.15) is 0 Å². The third-order valence-electron chi connectivity index (χ3n) is 3.86. The molecule has 3 rings (SSSR count). The molecule has 1 aliphatic heterocycles. The van der Waals surface area contributed by atoms with E-state index in [4.69, 9.17) is 14.2 Å². The van der Waals surface area contributed by atoms with Gasteiger partial charge in [0.15, 0.2) is 11.5 Å². The molecule has 0 fully saturated rings. The van der Waals surface area contributed by atoms with Crippen LogP contribution in [0.3, 0.4) is 0 Å². The van der Waals surface area contributed by atoms with Crippen LogP contribution in [0.4, 0.5) is 0 Å². The second kappa shape index (κ2) is 7.22. The van der Waals surface area contributed by atoms with Crippen molar-refractivity contribution >= 4 is 15.9 Å². The summed E-state index contributed by atoms with van der Waals surface area (Å²) in [5.41, 5.74) is 0.860. The molecule has 2 N–H and O–H groups in total. The van der Waals surface area contributed by atoms with Crippen LogP contribution in [0.2, 0.25) is 0 Å². The maximum atomic E-state index is 12.6. The number of carbonyl (C=O) groups is 1.